The Labute approximate surface area is 176 Å². The van der Waals surface area contributed by atoms with Gasteiger partial charge in [-0.3, -0.25) is 14.7 Å². The molecule has 8 nitrogen and oxygen atoms in total. The molecule has 0 bridgehead atoms. The van der Waals surface area contributed by atoms with Gasteiger partial charge in [0.25, 0.3) is 6.47 Å². The van der Waals surface area contributed by atoms with Crippen LogP contribution in [0.5, 0.6) is 0 Å². The molecule has 1 atom stereocenters. The first kappa shape index (κ1) is 22.0. The van der Waals surface area contributed by atoms with Gasteiger partial charge in [-0.25, -0.2) is 0 Å². The minimum absolute atomic E-state index is 0.130. The van der Waals surface area contributed by atoms with E-state index in [-0.39, 0.29) is 12.4 Å². The van der Waals surface area contributed by atoms with Gasteiger partial charge in [0.15, 0.2) is 0 Å². The lowest BCUT2D eigenvalue weighted by Gasteiger charge is -2.24. The van der Waals surface area contributed by atoms with Gasteiger partial charge < -0.3 is 19.6 Å². The maximum atomic E-state index is 13.0. The van der Waals surface area contributed by atoms with E-state index >= 15 is 0 Å². The van der Waals surface area contributed by atoms with Crippen LogP contribution in [0.25, 0.3) is 11.3 Å². The fourth-order valence-corrected chi connectivity index (χ4v) is 4.25. The minimum Gasteiger partial charge on any atom is -0.483 e. The molecular weight excluding hydrogens is 384 g/mol. The molecule has 1 amide bonds. The summed E-state index contributed by atoms with van der Waals surface area (Å²) in [6, 6.07) is 10.3. The Morgan fingerprint density at radius 2 is 2.00 bits per heavy atom. The summed E-state index contributed by atoms with van der Waals surface area (Å²) in [7, 11) is 1.73. The quantitative estimate of drug-likeness (QED) is 0.723. The van der Waals surface area contributed by atoms with Crippen LogP contribution in [-0.2, 0) is 27.2 Å². The second-order valence-electron chi connectivity index (χ2n) is 7.61. The van der Waals surface area contributed by atoms with Gasteiger partial charge in [0, 0.05) is 56.5 Å². The molecular formula is C22H30N4O4. The van der Waals surface area contributed by atoms with Gasteiger partial charge in [-0.2, -0.15) is 5.10 Å². The Kier molecular flexibility index (Phi) is 7.98. The van der Waals surface area contributed by atoms with Crippen molar-refractivity contribution in [3.8, 4) is 11.3 Å². The van der Waals surface area contributed by atoms with Crippen molar-refractivity contribution >= 4 is 12.4 Å². The molecule has 2 aliphatic heterocycles. The Bertz CT molecular complexity index is 824. The summed E-state index contributed by atoms with van der Waals surface area (Å²) in [5.41, 5.74) is 4.62. The number of aromatic amines is 1. The molecule has 2 aliphatic rings. The molecule has 30 heavy (non-hydrogen) atoms. The highest BCUT2D eigenvalue weighted by atomic mass is 16.5. The maximum absolute atomic E-state index is 13.0. The number of carbonyl (C=O) groups is 2. The number of likely N-dealkylation sites (tertiary alicyclic amines) is 1. The van der Waals surface area contributed by atoms with Crippen LogP contribution in [0.4, 0.5) is 0 Å². The molecule has 1 saturated heterocycles. The number of rotatable bonds is 5. The van der Waals surface area contributed by atoms with Crippen LogP contribution in [-0.4, -0.2) is 83.9 Å². The Balaban J connectivity index is 0.000000806. The molecule has 162 valence electrons. The molecule has 0 saturated carbocycles. The summed E-state index contributed by atoms with van der Waals surface area (Å²) < 4.78 is 5.16. The lowest BCUT2D eigenvalue weighted by atomic mass is 10.0. The van der Waals surface area contributed by atoms with Crippen LogP contribution >= 0.6 is 0 Å². The van der Waals surface area contributed by atoms with E-state index < -0.39 is 0 Å². The van der Waals surface area contributed by atoms with Gasteiger partial charge in [-0.05, 0) is 19.4 Å². The Morgan fingerprint density at radius 1 is 1.27 bits per heavy atom. The highest BCUT2D eigenvalue weighted by Gasteiger charge is 2.32. The monoisotopic (exact) mass is 414 g/mol. The van der Waals surface area contributed by atoms with Crippen LogP contribution in [0.3, 0.4) is 0 Å². The number of carboxylic acid groups (broad SMARTS) is 1. The smallest absolute Gasteiger partial charge is 0.290 e. The minimum atomic E-state index is -0.250. The normalized spacial score (nSPS) is 18.8. The van der Waals surface area contributed by atoms with Crippen molar-refractivity contribution in [3.63, 3.8) is 0 Å². The van der Waals surface area contributed by atoms with Crippen molar-refractivity contribution < 1.29 is 19.4 Å². The van der Waals surface area contributed by atoms with Crippen molar-refractivity contribution in [1.29, 1.82) is 0 Å². The molecule has 2 N–H and O–H groups in total. The number of amides is 1. The van der Waals surface area contributed by atoms with Crippen molar-refractivity contribution in [1.82, 2.24) is 20.0 Å². The first-order valence-corrected chi connectivity index (χ1v) is 10.4. The topological polar surface area (TPSA) is 98.8 Å². The zero-order chi connectivity index (χ0) is 21.3. The van der Waals surface area contributed by atoms with Crippen molar-refractivity contribution in [2.24, 2.45) is 5.92 Å². The first-order valence-electron chi connectivity index (χ1n) is 10.4. The average Bonchev–Trinajstić information content (AvgIpc) is 3.35. The van der Waals surface area contributed by atoms with E-state index in [1.807, 2.05) is 18.2 Å². The van der Waals surface area contributed by atoms with Gasteiger partial charge in [-0.1, -0.05) is 30.3 Å². The summed E-state index contributed by atoms with van der Waals surface area (Å²) in [6.07, 6.45) is 2.67. The van der Waals surface area contributed by atoms with E-state index in [0.717, 1.165) is 69.9 Å². The number of methoxy groups -OCH3 is 1. The van der Waals surface area contributed by atoms with Gasteiger partial charge in [0.1, 0.15) is 0 Å². The number of carbonyl (C=O) groups excluding carboxylic acids is 1. The first-order chi connectivity index (χ1) is 14.7. The Morgan fingerprint density at radius 3 is 2.73 bits per heavy atom. The lowest BCUT2D eigenvalue weighted by Crippen LogP contribution is -2.39. The summed E-state index contributed by atoms with van der Waals surface area (Å²) >= 11 is 0. The largest absolute Gasteiger partial charge is 0.483 e. The number of hydrogen-bond acceptors (Lipinski definition) is 5. The van der Waals surface area contributed by atoms with Crippen LogP contribution in [0, 0.1) is 5.92 Å². The lowest BCUT2D eigenvalue weighted by molar-refractivity contribution is -0.135. The van der Waals surface area contributed by atoms with Crippen molar-refractivity contribution in [3.05, 3.63) is 41.6 Å². The molecule has 1 fully saturated rings. The number of hydrogen-bond donors (Lipinski definition) is 2. The zero-order valence-corrected chi connectivity index (χ0v) is 17.4. The molecule has 0 spiro atoms. The number of nitrogens with one attached hydrogen (secondary N) is 1. The second-order valence-corrected chi connectivity index (χ2v) is 7.61. The van der Waals surface area contributed by atoms with E-state index in [9.17, 15) is 4.79 Å². The molecule has 0 radical (unpaired) electrons. The standard InChI is InChI=1S/C21H28N4O2.CH2O2/c1-27-14-13-24-10-7-17(15-24)21(26)25-11-8-18-19(9-12-25)22-23-20(18)16-5-3-2-4-6-16;2-1-3/h2-6,17H,7-15H2,1H3,(H,22,23);1H,(H,2,3). The molecule has 1 aromatic carbocycles. The molecule has 4 rings (SSSR count). The van der Waals surface area contributed by atoms with Gasteiger partial charge in [-0.15, -0.1) is 0 Å². The molecule has 1 aromatic heterocycles. The predicted octanol–water partition coefficient (Wildman–Crippen LogP) is 1.67. The number of benzene rings is 1. The third kappa shape index (κ3) is 5.25. The Hall–Kier alpha value is -2.71. The number of aromatic nitrogens is 2. The number of nitrogens with zero attached hydrogens (tertiary/aromatic N) is 3. The highest BCUT2D eigenvalue weighted by molar-refractivity contribution is 5.79. The van der Waals surface area contributed by atoms with Gasteiger partial charge >= 0.3 is 0 Å². The number of ether oxygens (including phenoxy) is 1. The summed E-state index contributed by atoms with van der Waals surface area (Å²) in [4.78, 5) is 25.8. The van der Waals surface area contributed by atoms with Crippen LogP contribution in [0.15, 0.2) is 30.3 Å². The third-order valence-corrected chi connectivity index (χ3v) is 5.81. The molecule has 0 aliphatic carbocycles. The SMILES string of the molecule is COCCN1CCC(C(=O)N2CCc3[nH]nc(-c4ccccc4)c3CC2)C1.O=CO. The van der Waals surface area contributed by atoms with E-state index in [1.54, 1.807) is 7.11 Å². The van der Waals surface area contributed by atoms with E-state index in [2.05, 4.69) is 32.1 Å². The van der Waals surface area contributed by atoms with Crippen molar-refractivity contribution in [2.45, 2.75) is 19.3 Å². The van der Waals surface area contributed by atoms with Crippen LogP contribution in [0.2, 0.25) is 0 Å². The average molecular weight is 415 g/mol. The maximum Gasteiger partial charge on any atom is 0.290 e. The third-order valence-electron chi connectivity index (χ3n) is 5.81. The summed E-state index contributed by atoms with van der Waals surface area (Å²) in [5.74, 6) is 0.444. The zero-order valence-electron chi connectivity index (χ0n) is 17.4. The number of fused-ring (bicyclic) bond motifs is 1. The molecule has 3 heterocycles. The fraction of sp³-hybridized carbons (Fsp3) is 0.500. The van der Waals surface area contributed by atoms with Gasteiger partial charge in [0.2, 0.25) is 5.91 Å². The van der Waals surface area contributed by atoms with Crippen LogP contribution < -0.4 is 0 Å². The number of H-pyrrole nitrogens is 1. The second kappa shape index (κ2) is 10.9. The van der Waals surface area contributed by atoms with E-state index in [4.69, 9.17) is 14.6 Å². The van der Waals surface area contributed by atoms with E-state index in [0.29, 0.717) is 5.91 Å². The van der Waals surface area contributed by atoms with E-state index in [1.165, 1.54) is 11.3 Å². The predicted molar refractivity (Wildman–Crippen MR) is 113 cm³/mol. The summed E-state index contributed by atoms with van der Waals surface area (Å²) in [5, 5.41) is 14.7. The molecule has 8 heteroatoms. The highest BCUT2D eigenvalue weighted by Crippen LogP contribution is 2.27. The van der Waals surface area contributed by atoms with Gasteiger partial charge in [0.05, 0.1) is 18.2 Å². The molecule has 1 unspecified atom stereocenters. The molecule has 2 aromatic rings. The summed E-state index contributed by atoms with van der Waals surface area (Å²) in [6.45, 7) is 4.80. The van der Waals surface area contributed by atoms with Crippen LogP contribution in [0.1, 0.15) is 17.7 Å². The fourth-order valence-electron chi connectivity index (χ4n) is 4.25. The van der Waals surface area contributed by atoms with Crippen molar-refractivity contribution in [2.75, 3.05) is 46.4 Å².